The summed E-state index contributed by atoms with van der Waals surface area (Å²) in [5, 5.41) is 0. The van der Waals surface area contributed by atoms with Crippen LogP contribution in [0.1, 0.15) is 33.6 Å². The number of rotatable bonds is 7. The molecule has 11 heavy (non-hydrogen) atoms. The second kappa shape index (κ2) is 8.47. The summed E-state index contributed by atoms with van der Waals surface area (Å²) >= 11 is 1.94. The molecule has 0 fully saturated rings. The maximum Gasteiger partial charge on any atom is 0.288 e. The van der Waals surface area contributed by atoms with E-state index in [1.54, 1.807) is 0 Å². The molecule has 1 radical (unpaired) electrons. The van der Waals surface area contributed by atoms with Crippen LogP contribution in [0.2, 0.25) is 0 Å². The Morgan fingerprint density at radius 1 is 1.18 bits per heavy atom. The van der Waals surface area contributed by atoms with Gasteiger partial charge in [-0.2, -0.15) is 11.6 Å². The lowest BCUT2D eigenvalue weighted by atomic mass is 10.3. The van der Waals surface area contributed by atoms with Crippen molar-refractivity contribution in [1.82, 2.24) is 4.81 Å². The summed E-state index contributed by atoms with van der Waals surface area (Å²) in [4.78, 5) is 2.33. The van der Waals surface area contributed by atoms with E-state index in [9.17, 15) is 0 Å². The molecule has 0 rings (SSSR count). The van der Waals surface area contributed by atoms with E-state index in [2.05, 4.69) is 32.3 Å². The molecule has 0 aromatic heterocycles. The summed E-state index contributed by atoms with van der Waals surface area (Å²) in [5.41, 5.74) is 0. The van der Waals surface area contributed by atoms with E-state index >= 15 is 0 Å². The Bertz CT molecular complexity index is 76.5. The molecule has 0 aromatic carbocycles. The number of hydrogen-bond acceptors (Lipinski definition) is 2. The summed E-state index contributed by atoms with van der Waals surface area (Å²) in [7, 11) is 0. The number of unbranched alkanes of at least 4 members (excludes halogenated alkanes) is 1. The van der Waals surface area contributed by atoms with E-state index in [0.29, 0.717) is 0 Å². The first kappa shape index (κ1) is 11.4. The SMILES string of the molecule is CCCCS[B]N(CC)CC. The molecule has 0 heterocycles. The average Bonchev–Trinajstić information content (AvgIpc) is 2.05. The molecule has 3 heteroatoms. The Morgan fingerprint density at radius 3 is 2.27 bits per heavy atom. The molecule has 0 amide bonds. The van der Waals surface area contributed by atoms with Crippen molar-refractivity contribution in [2.24, 2.45) is 0 Å². The second-order valence-electron chi connectivity index (χ2n) is 2.55. The highest BCUT2D eigenvalue weighted by atomic mass is 32.2. The fourth-order valence-corrected chi connectivity index (χ4v) is 1.83. The third-order valence-electron chi connectivity index (χ3n) is 1.65. The van der Waals surface area contributed by atoms with Crippen LogP contribution >= 0.6 is 11.6 Å². The van der Waals surface area contributed by atoms with Gasteiger partial charge in [-0.05, 0) is 25.3 Å². The predicted molar refractivity (Wildman–Crippen MR) is 56.0 cm³/mol. The summed E-state index contributed by atoms with van der Waals surface area (Å²) in [5.74, 6) is 1.27. The highest BCUT2D eigenvalue weighted by Gasteiger charge is 2.00. The summed E-state index contributed by atoms with van der Waals surface area (Å²) < 4.78 is 0. The quantitative estimate of drug-likeness (QED) is 0.428. The van der Waals surface area contributed by atoms with Gasteiger partial charge in [-0.1, -0.05) is 27.2 Å². The molecule has 65 valence electrons. The van der Waals surface area contributed by atoms with Gasteiger partial charge in [0.2, 0.25) is 0 Å². The lowest BCUT2D eigenvalue weighted by molar-refractivity contribution is 0.502. The highest BCUT2D eigenvalue weighted by Crippen LogP contribution is 2.03. The van der Waals surface area contributed by atoms with Crippen LogP contribution in [0.5, 0.6) is 0 Å². The first-order chi connectivity index (χ1) is 5.35. The van der Waals surface area contributed by atoms with E-state index in [0.717, 1.165) is 13.1 Å². The van der Waals surface area contributed by atoms with Crippen molar-refractivity contribution >= 4 is 18.3 Å². The molecule has 0 saturated carbocycles. The van der Waals surface area contributed by atoms with E-state index < -0.39 is 0 Å². The van der Waals surface area contributed by atoms with Gasteiger partial charge >= 0.3 is 0 Å². The van der Waals surface area contributed by atoms with Gasteiger partial charge in [0.25, 0.3) is 6.69 Å². The molecule has 0 spiro atoms. The Morgan fingerprint density at radius 2 is 1.82 bits per heavy atom. The largest absolute Gasteiger partial charge is 0.337 e. The van der Waals surface area contributed by atoms with Crippen LogP contribution in [0.4, 0.5) is 0 Å². The zero-order valence-electron chi connectivity index (χ0n) is 7.97. The van der Waals surface area contributed by atoms with Crippen molar-refractivity contribution < 1.29 is 0 Å². The van der Waals surface area contributed by atoms with Crippen molar-refractivity contribution in [1.29, 1.82) is 0 Å². The normalized spacial score (nSPS) is 10.5. The minimum Gasteiger partial charge on any atom is -0.337 e. The maximum absolute atomic E-state index is 2.33. The van der Waals surface area contributed by atoms with Crippen LogP contribution in [0, 0.1) is 0 Å². The van der Waals surface area contributed by atoms with Gasteiger partial charge in [-0.15, -0.1) is 0 Å². The maximum atomic E-state index is 2.33. The fourth-order valence-electron chi connectivity index (χ4n) is 0.758. The Balaban J connectivity index is 3.07. The molecule has 0 aliphatic heterocycles. The fraction of sp³-hybridized carbons (Fsp3) is 1.00. The molecule has 1 nitrogen and oxygen atoms in total. The van der Waals surface area contributed by atoms with Crippen molar-refractivity contribution in [3.8, 4) is 0 Å². The lowest BCUT2D eigenvalue weighted by Gasteiger charge is -2.15. The van der Waals surface area contributed by atoms with Crippen LogP contribution in [-0.4, -0.2) is 30.3 Å². The van der Waals surface area contributed by atoms with Crippen LogP contribution < -0.4 is 0 Å². The van der Waals surface area contributed by atoms with Crippen molar-refractivity contribution in [2.45, 2.75) is 33.6 Å². The van der Waals surface area contributed by atoms with Crippen molar-refractivity contribution in [2.75, 3.05) is 18.8 Å². The van der Waals surface area contributed by atoms with Gasteiger partial charge in [0.15, 0.2) is 0 Å². The number of hydrogen-bond donors (Lipinski definition) is 0. The number of nitrogens with zero attached hydrogens (tertiary/aromatic N) is 1. The van der Waals surface area contributed by atoms with Gasteiger partial charge in [-0.3, -0.25) is 0 Å². The van der Waals surface area contributed by atoms with Gasteiger partial charge in [0, 0.05) is 0 Å². The molecule has 0 atom stereocenters. The van der Waals surface area contributed by atoms with E-state index in [-0.39, 0.29) is 0 Å². The molecule has 0 aromatic rings. The zero-order valence-corrected chi connectivity index (χ0v) is 8.78. The van der Waals surface area contributed by atoms with Crippen LogP contribution in [0.3, 0.4) is 0 Å². The van der Waals surface area contributed by atoms with Crippen molar-refractivity contribution in [3.05, 3.63) is 0 Å². The molecule has 0 N–H and O–H groups in total. The standard InChI is InChI=1S/C8H19BNS/c1-4-7-8-11-9-10(5-2)6-3/h4-8H2,1-3H3. The third kappa shape index (κ3) is 6.76. The van der Waals surface area contributed by atoms with Gasteiger partial charge in [0.1, 0.15) is 0 Å². The monoisotopic (exact) mass is 172 g/mol. The molecule has 0 aliphatic carbocycles. The third-order valence-corrected chi connectivity index (χ3v) is 2.62. The first-order valence-corrected chi connectivity index (χ1v) is 5.59. The minimum atomic E-state index is 1.13. The summed E-state index contributed by atoms with van der Waals surface area (Å²) in [6.45, 7) is 11.2. The first-order valence-electron chi connectivity index (χ1n) is 4.54. The Kier molecular flexibility index (Phi) is 8.76. The smallest absolute Gasteiger partial charge is 0.288 e. The summed E-state index contributed by atoms with van der Waals surface area (Å²) in [6, 6.07) is 0. The molecule has 0 saturated heterocycles. The van der Waals surface area contributed by atoms with Crippen LogP contribution in [0.25, 0.3) is 0 Å². The predicted octanol–water partition coefficient (Wildman–Crippen LogP) is 2.40. The lowest BCUT2D eigenvalue weighted by Crippen LogP contribution is -2.25. The van der Waals surface area contributed by atoms with E-state index in [4.69, 9.17) is 0 Å². The molecule has 0 bridgehead atoms. The van der Waals surface area contributed by atoms with Gasteiger partial charge in [0.05, 0.1) is 0 Å². The molecular formula is C8H19BNS. The van der Waals surface area contributed by atoms with Gasteiger partial charge < -0.3 is 4.81 Å². The minimum absolute atomic E-state index is 1.13. The molecular weight excluding hydrogens is 153 g/mol. The molecule has 0 aliphatic rings. The highest BCUT2D eigenvalue weighted by molar-refractivity contribution is 8.22. The topological polar surface area (TPSA) is 3.24 Å². The second-order valence-corrected chi connectivity index (χ2v) is 3.50. The average molecular weight is 172 g/mol. The Labute approximate surface area is 76.1 Å². The van der Waals surface area contributed by atoms with Gasteiger partial charge in [-0.25, -0.2) is 0 Å². The van der Waals surface area contributed by atoms with E-state index in [1.165, 1.54) is 18.6 Å². The van der Waals surface area contributed by atoms with Crippen molar-refractivity contribution in [3.63, 3.8) is 0 Å². The molecule has 0 unspecified atom stereocenters. The zero-order chi connectivity index (χ0) is 8.53. The summed E-state index contributed by atoms with van der Waals surface area (Å²) in [6.07, 6.45) is 2.64. The van der Waals surface area contributed by atoms with Crippen LogP contribution in [-0.2, 0) is 0 Å². The Hall–Kier alpha value is 0.375. The van der Waals surface area contributed by atoms with E-state index in [1.807, 2.05) is 11.6 Å². The van der Waals surface area contributed by atoms with Crippen LogP contribution in [0.15, 0.2) is 0 Å².